The number of piperidine rings is 1. The third-order valence-corrected chi connectivity index (χ3v) is 5.83. The average molecular weight is 388 g/mol. The highest BCUT2D eigenvalue weighted by Gasteiger charge is 2.30. The summed E-state index contributed by atoms with van der Waals surface area (Å²) in [5.41, 5.74) is 3.10. The largest absolute Gasteiger partial charge is 0.469 e. The third-order valence-electron chi connectivity index (χ3n) is 5.07. The van der Waals surface area contributed by atoms with Crippen molar-refractivity contribution in [2.75, 3.05) is 25.5 Å². The van der Waals surface area contributed by atoms with Crippen LogP contribution in [0, 0.1) is 12.8 Å². The highest BCUT2D eigenvalue weighted by molar-refractivity contribution is 7.14. The van der Waals surface area contributed by atoms with Crippen LogP contribution in [0.15, 0.2) is 29.6 Å². The number of likely N-dealkylation sites (tertiary alicyclic amines) is 1. The number of thiazole rings is 1. The fraction of sp³-hybridized carbons (Fsp3) is 0.450. The van der Waals surface area contributed by atoms with Gasteiger partial charge in [0.2, 0.25) is 5.91 Å². The molecule has 2 heterocycles. The maximum absolute atomic E-state index is 12.6. The fourth-order valence-electron chi connectivity index (χ4n) is 3.25. The molecule has 7 heteroatoms. The zero-order chi connectivity index (χ0) is 19.4. The molecule has 1 atom stereocenters. The number of rotatable bonds is 5. The lowest BCUT2D eigenvalue weighted by atomic mass is 9.96. The number of hydrogen-bond donors (Lipinski definition) is 1. The molecule has 0 radical (unpaired) electrons. The molecule has 27 heavy (non-hydrogen) atoms. The lowest BCUT2D eigenvalue weighted by Crippen LogP contribution is -2.47. The first-order valence-electron chi connectivity index (χ1n) is 9.13. The Morgan fingerprint density at radius 2 is 1.93 bits per heavy atom. The van der Waals surface area contributed by atoms with Crippen LogP contribution in [0.2, 0.25) is 0 Å². The first-order valence-corrected chi connectivity index (χ1v) is 10.0. The second-order valence-electron chi connectivity index (χ2n) is 6.90. The summed E-state index contributed by atoms with van der Waals surface area (Å²) in [5, 5.41) is 5.48. The summed E-state index contributed by atoms with van der Waals surface area (Å²) in [6.45, 7) is 5.36. The number of benzene rings is 1. The van der Waals surface area contributed by atoms with Crippen molar-refractivity contribution in [1.29, 1.82) is 0 Å². The van der Waals surface area contributed by atoms with Gasteiger partial charge in [-0.1, -0.05) is 29.8 Å². The van der Waals surface area contributed by atoms with Crippen LogP contribution >= 0.6 is 11.3 Å². The molecular weight excluding hydrogens is 362 g/mol. The van der Waals surface area contributed by atoms with Crippen LogP contribution in [0.3, 0.4) is 0 Å². The highest BCUT2D eigenvalue weighted by atomic mass is 32.1. The number of esters is 1. The molecule has 144 valence electrons. The van der Waals surface area contributed by atoms with Crippen molar-refractivity contribution in [2.45, 2.75) is 32.7 Å². The van der Waals surface area contributed by atoms with Crippen molar-refractivity contribution in [3.05, 3.63) is 35.2 Å². The summed E-state index contributed by atoms with van der Waals surface area (Å²) in [7, 11) is 1.42. The molecule has 0 spiro atoms. The Labute approximate surface area is 163 Å². The quantitative estimate of drug-likeness (QED) is 0.797. The maximum Gasteiger partial charge on any atom is 0.308 e. The maximum atomic E-state index is 12.6. The summed E-state index contributed by atoms with van der Waals surface area (Å²) in [6, 6.07) is 7.89. The van der Waals surface area contributed by atoms with Gasteiger partial charge in [0, 0.05) is 10.9 Å². The van der Waals surface area contributed by atoms with Gasteiger partial charge in [-0.05, 0) is 39.8 Å². The standard InChI is InChI=1S/C20H25N3O3S/c1-13-4-6-15(7-5-13)17-12-27-20(21-17)22-18(24)14(2)23-10-8-16(9-11-23)19(25)26-3/h4-7,12,14,16H,8-11H2,1-3H3,(H,21,22,24). The molecule has 0 saturated carbocycles. The molecule has 1 aromatic carbocycles. The van der Waals surface area contributed by atoms with Crippen LogP contribution in [0.1, 0.15) is 25.3 Å². The highest BCUT2D eigenvalue weighted by Crippen LogP contribution is 2.26. The molecular formula is C20H25N3O3S. The van der Waals surface area contributed by atoms with Gasteiger partial charge >= 0.3 is 5.97 Å². The lowest BCUT2D eigenvalue weighted by molar-refractivity contribution is -0.147. The molecule has 1 aromatic heterocycles. The zero-order valence-electron chi connectivity index (χ0n) is 15.9. The molecule has 1 fully saturated rings. The van der Waals surface area contributed by atoms with E-state index in [0.717, 1.165) is 24.1 Å². The number of carbonyl (C=O) groups is 2. The molecule has 0 bridgehead atoms. The molecule has 3 rings (SSSR count). The van der Waals surface area contributed by atoms with Gasteiger partial charge in [0.1, 0.15) is 0 Å². The van der Waals surface area contributed by atoms with Crippen LogP contribution in [0.25, 0.3) is 11.3 Å². The van der Waals surface area contributed by atoms with E-state index in [-0.39, 0.29) is 23.8 Å². The van der Waals surface area contributed by atoms with E-state index < -0.39 is 0 Å². The number of hydrogen-bond acceptors (Lipinski definition) is 6. The normalized spacial score (nSPS) is 16.7. The molecule has 0 aliphatic carbocycles. The monoisotopic (exact) mass is 387 g/mol. The molecule has 2 aromatic rings. The van der Waals surface area contributed by atoms with Crippen molar-refractivity contribution < 1.29 is 14.3 Å². The molecule has 1 unspecified atom stereocenters. The van der Waals surface area contributed by atoms with Gasteiger partial charge in [0.25, 0.3) is 0 Å². The smallest absolute Gasteiger partial charge is 0.308 e. The summed E-state index contributed by atoms with van der Waals surface area (Å²) in [4.78, 5) is 30.9. The van der Waals surface area contributed by atoms with E-state index in [1.165, 1.54) is 24.0 Å². The summed E-state index contributed by atoms with van der Waals surface area (Å²) in [5.74, 6) is -0.285. The topological polar surface area (TPSA) is 71.5 Å². The van der Waals surface area contributed by atoms with Crippen molar-refractivity contribution >= 4 is 28.3 Å². The molecule has 6 nitrogen and oxygen atoms in total. The number of ether oxygens (including phenoxy) is 1. The van der Waals surface area contributed by atoms with Crippen molar-refractivity contribution in [2.24, 2.45) is 5.92 Å². The number of aromatic nitrogens is 1. The summed E-state index contributed by atoms with van der Waals surface area (Å²) < 4.78 is 4.81. The predicted molar refractivity (Wildman–Crippen MR) is 107 cm³/mol. The van der Waals surface area contributed by atoms with Gasteiger partial charge in [0.15, 0.2) is 5.13 Å². The van der Waals surface area contributed by atoms with E-state index in [9.17, 15) is 9.59 Å². The van der Waals surface area contributed by atoms with E-state index in [1.807, 2.05) is 43.5 Å². The minimum atomic E-state index is -0.268. The van der Waals surface area contributed by atoms with E-state index >= 15 is 0 Å². The van der Waals surface area contributed by atoms with E-state index in [2.05, 4.69) is 15.2 Å². The van der Waals surface area contributed by atoms with Gasteiger partial charge < -0.3 is 10.1 Å². The Balaban J connectivity index is 1.56. The van der Waals surface area contributed by atoms with E-state index in [0.29, 0.717) is 18.2 Å². The summed E-state index contributed by atoms with van der Waals surface area (Å²) in [6.07, 6.45) is 1.44. The number of nitrogens with one attached hydrogen (secondary N) is 1. The Hall–Kier alpha value is -2.25. The van der Waals surface area contributed by atoms with Crippen molar-refractivity contribution in [3.8, 4) is 11.3 Å². The van der Waals surface area contributed by atoms with Crippen LogP contribution in [0.4, 0.5) is 5.13 Å². The van der Waals surface area contributed by atoms with Crippen LogP contribution in [-0.2, 0) is 14.3 Å². The SMILES string of the molecule is COC(=O)C1CCN(C(C)C(=O)Nc2nc(-c3ccc(C)cc3)cs2)CC1. The summed E-state index contributed by atoms with van der Waals surface area (Å²) >= 11 is 1.43. The Morgan fingerprint density at radius 1 is 1.26 bits per heavy atom. The Morgan fingerprint density at radius 3 is 2.56 bits per heavy atom. The van der Waals surface area contributed by atoms with Gasteiger partial charge in [0.05, 0.1) is 24.8 Å². The second kappa shape index (κ2) is 8.63. The lowest BCUT2D eigenvalue weighted by Gasteiger charge is -2.34. The minimum absolute atomic E-state index is 0.0578. The fourth-order valence-corrected chi connectivity index (χ4v) is 3.98. The van der Waals surface area contributed by atoms with Crippen molar-refractivity contribution in [3.63, 3.8) is 0 Å². The van der Waals surface area contributed by atoms with Gasteiger partial charge in [-0.25, -0.2) is 4.98 Å². The first-order chi connectivity index (χ1) is 13.0. The van der Waals surface area contributed by atoms with Crippen molar-refractivity contribution in [1.82, 2.24) is 9.88 Å². The van der Waals surface area contributed by atoms with Gasteiger partial charge in [-0.15, -0.1) is 11.3 Å². The van der Waals surface area contributed by atoms with Crippen LogP contribution in [0.5, 0.6) is 0 Å². The molecule has 1 aliphatic rings. The zero-order valence-corrected chi connectivity index (χ0v) is 16.7. The second-order valence-corrected chi connectivity index (χ2v) is 7.76. The number of anilines is 1. The average Bonchev–Trinajstić information content (AvgIpc) is 3.15. The number of nitrogens with zero attached hydrogens (tertiary/aromatic N) is 2. The molecule has 1 amide bonds. The number of methoxy groups -OCH3 is 1. The number of aryl methyl sites for hydroxylation is 1. The number of carbonyl (C=O) groups excluding carboxylic acids is 2. The predicted octanol–water partition coefficient (Wildman–Crippen LogP) is 3.33. The van der Waals surface area contributed by atoms with E-state index in [4.69, 9.17) is 4.74 Å². The van der Waals surface area contributed by atoms with E-state index in [1.54, 1.807) is 0 Å². The molecule has 1 N–H and O–H groups in total. The Bertz CT molecular complexity index is 795. The van der Waals surface area contributed by atoms with Crippen LogP contribution in [-0.4, -0.2) is 48.0 Å². The Kier molecular flexibility index (Phi) is 6.23. The third kappa shape index (κ3) is 4.73. The number of amides is 1. The van der Waals surface area contributed by atoms with Gasteiger partial charge in [-0.2, -0.15) is 0 Å². The van der Waals surface area contributed by atoms with Gasteiger partial charge in [-0.3, -0.25) is 14.5 Å². The molecule has 1 aliphatic heterocycles. The van der Waals surface area contributed by atoms with Crippen LogP contribution < -0.4 is 5.32 Å². The first kappa shape index (κ1) is 19.5. The molecule has 1 saturated heterocycles. The minimum Gasteiger partial charge on any atom is -0.469 e.